The van der Waals surface area contributed by atoms with E-state index in [4.69, 9.17) is 5.73 Å². The molecule has 5 nitrogen and oxygen atoms in total. The maximum Gasteiger partial charge on any atom is 0.315 e. The van der Waals surface area contributed by atoms with Gasteiger partial charge in [0, 0.05) is 39.1 Å². The Labute approximate surface area is 125 Å². The van der Waals surface area contributed by atoms with Gasteiger partial charge in [-0.25, -0.2) is 4.79 Å². The molecule has 1 saturated heterocycles. The van der Waals surface area contributed by atoms with E-state index in [0.29, 0.717) is 6.54 Å². The number of nitrogens with two attached hydrogens (primary N) is 1. The van der Waals surface area contributed by atoms with Gasteiger partial charge in [-0.1, -0.05) is 30.3 Å². The van der Waals surface area contributed by atoms with E-state index in [9.17, 15) is 4.79 Å². The minimum Gasteiger partial charge on any atom is -0.357 e. The summed E-state index contributed by atoms with van der Waals surface area (Å²) in [5.74, 6) is 0. The first-order chi connectivity index (χ1) is 10.2. The lowest BCUT2D eigenvalue weighted by Gasteiger charge is -2.35. The van der Waals surface area contributed by atoms with Crippen LogP contribution in [0.3, 0.4) is 0 Å². The van der Waals surface area contributed by atoms with Crippen molar-refractivity contribution in [2.24, 2.45) is 12.8 Å². The Morgan fingerprint density at radius 2 is 1.86 bits per heavy atom. The Bertz CT molecular complexity index is 539. The third-order valence-corrected chi connectivity index (χ3v) is 3.46. The molecule has 0 spiro atoms. The van der Waals surface area contributed by atoms with Crippen LogP contribution >= 0.6 is 0 Å². The van der Waals surface area contributed by atoms with Gasteiger partial charge in [-0.2, -0.15) is 0 Å². The van der Waals surface area contributed by atoms with Crippen LogP contribution in [-0.4, -0.2) is 35.1 Å². The summed E-state index contributed by atoms with van der Waals surface area (Å²) in [6, 6.07) is 13.7. The molecule has 1 fully saturated rings. The fourth-order valence-corrected chi connectivity index (χ4v) is 2.36. The topological polar surface area (TPSA) is 63.3 Å². The monoisotopic (exact) mass is 286 g/mol. The van der Waals surface area contributed by atoms with Crippen molar-refractivity contribution in [1.29, 1.82) is 0 Å². The molecule has 3 rings (SSSR count). The van der Waals surface area contributed by atoms with Gasteiger partial charge in [0.2, 0.25) is 0 Å². The Kier molecular flexibility index (Phi) is 5.40. The van der Waals surface area contributed by atoms with Crippen molar-refractivity contribution in [3.8, 4) is 0 Å². The smallest absolute Gasteiger partial charge is 0.315 e. The van der Waals surface area contributed by atoms with Crippen molar-refractivity contribution < 1.29 is 4.79 Å². The molecule has 3 N–H and O–H groups in total. The third kappa shape index (κ3) is 4.36. The summed E-state index contributed by atoms with van der Waals surface area (Å²) in [7, 11) is 2.00. The number of nitrogens with zero attached hydrogens (tertiary/aromatic N) is 2. The first kappa shape index (κ1) is 15.1. The molecule has 1 aromatic heterocycles. The molecule has 0 bridgehead atoms. The van der Waals surface area contributed by atoms with Crippen LogP contribution in [0.4, 0.5) is 4.79 Å². The largest absolute Gasteiger partial charge is 0.357 e. The fraction of sp³-hybridized carbons (Fsp3) is 0.312. The minimum atomic E-state index is -0.342. The van der Waals surface area contributed by atoms with E-state index in [1.165, 1.54) is 0 Å². The molecule has 112 valence electrons. The number of urea groups is 1. The number of primary amides is 1. The fourth-order valence-electron chi connectivity index (χ4n) is 2.36. The van der Waals surface area contributed by atoms with E-state index in [0.717, 1.165) is 18.7 Å². The summed E-state index contributed by atoms with van der Waals surface area (Å²) in [5.41, 5.74) is 6.48. The zero-order chi connectivity index (χ0) is 15.1. The SMILES string of the molecule is Cn1cccc1.NC(=O)N1CCNCC1c1ccccc1. The van der Waals surface area contributed by atoms with Crippen LogP contribution in [0.15, 0.2) is 54.9 Å². The molecule has 1 aliphatic rings. The highest BCUT2D eigenvalue weighted by Gasteiger charge is 2.25. The predicted molar refractivity (Wildman–Crippen MR) is 83.8 cm³/mol. The molecule has 2 aromatic rings. The van der Waals surface area contributed by atoms with E-state index in [-0.39, 0.29) is 12.1 Å². The summed E-state index contributed by atoms with van der Waals surface area (Å²) >= 11 is 0. The van der Waals surface area contributed by atoms with E-state index < -0.39 is 0 Å². The summed E-state index contributed by atoms with van der Waals surface area (Å²) < 4.78 is 2.00. The Hall–Kier alpha value is -2.27. The Morgan fingerprint density at radius 3 is 2.38 bits per heavy atom. The maximum atomic E-state index is 11.3. The lowest BCUT2D eigenvalue weighted by Crippen LogP contribution is -2.50. The van der Waals surface area contributed by atoms with Gasteiger partial charge in [0.25, 0.3) is 0 Å². The molecule has 0 aliphatic carbocycles. The molecule has 0 radical (unpaired) electrons. The first-order valence-corrected chi connectivity index (χ1v) is 7.07. The highest BCUT2D eigenvalue weighted by atomic mass is 16.2. The molecule has 2 heterocycles. The van der Waals surface area contributed by atoms with Crippen LogP contribution in [0, 0.1) is 0 Å². The highest BCUT2D eigenvalue weighted by Crippen LogP contribution is 2.21. The Balaban J connectivity index is 0.000000225. The average Bonchev–Trinajstić information content (AvgIpc) is 3.00. The summed E-state index contributed by atoms with van der Waals surface area (Å²) in [4.78, 5) is 13.0. The molecule has 5 heteroatoms. The van der Waals surface area contributed by atoms with Crippen LogP contribution in [0.1, 0.15) is 11.6 Å². The van der Waals surface area contributed by atoms with Gasteiger partial charge in [0.15, 0.2) is 0 Å². The maximum absolute atomic E-state index is 11.3. The first-order valence-electron chi connectivity index (χ1n) is 7.07. The number of aromatic nitrogens is 1. The number of nitrogens with one attached hydrogen (secondary N) is 1. The number of benzene rings is 1. The lowest BCUT2D eigenvalue weighted by molar-refractivity contribution is 0.167. The molecule has 2 amide bonds. The van der Waals surface area contributed by atoms with Gasteiger partial charge in [-0.15, -0.1) is 0 Å². The van der Waals surface area contributed by atoms with Crippen LogP contribution in [0.25, 0.3) is 0 Å². The number of aryl methyl sites for hydroxylation is 1. The van der Waals surface area contributed by atoms with Gasteiger partial charge in [0.05, 0.1) is 6.04 Å². The second-order valence-electron chi connectivity index (χ2n) is 5.01. The summed E-state index contributed by atoms with van der Waals surface area (Å²) in [6.07, 6.45) is 4.00. The standard InChI is InChI=1S/C11H15N3O.C5H7N/c12-11(15)14-7-6-13-8-10(14)9-4-2-1-3-5-9;1-6-4-2-3-5-6/h1-5,10,13H,6-8H2,(H2,12,15);2-5H,1H3. The van der Waals surface area contributed by atoms with Crippen molar-refractivity contribution in [3.63, 3.8) is 0 Å². The summed E-state index contributed by atoms with van der Waals surface area (Å²) in [5, 5.41) is 3.27. The molecule has 1 atom stereocenters. The average molecular weight is 286 g/mol. The van der Waals surface area contributed by atoms with Gasteiger partial charge in [-0.3, -0.25) is 0 Å². The van der Waals surface area contributed by atoms with E-state index in [1.54, 1.807) is 4.90 Å². The van der Waals surface area contributed by atoms with Crippen molar-refractivity contribution in [1.82, 2.24) is 14.8 Å². The van der Waals surface area contributed by atoms with Gasteiger partial charge in [0.1, 0.15) is 0 Å². The number of carbonyl (C=O) groups excluding carboxylic acids is 1. The predicted octanol–water partition coefficient (Wildman–Crippen LogP) is 1.74. The zero-order valence-electron chi connectivity index (χ0n) is 12.3. The van der Waals surface area contributed by atoms with Crippen molar-refractivity contribution >= 4 is 6.03 Å². The zero-order valence-corrected chi connectivity index (χ0v) is 12.3. The molecule has 21 heavy (non-hydrogen) atoms. The van der Waals surface area contributed by atoms with E-state index >= 15 is 0 Å². The number of amides is 2. The second kappa shape index (κ2) is 7.50. The van der Waals surface area contributed by atoms with Gasteiger partial charge >= 0.3 is 6.03 Å². The van der Waals surface area contributed by atoms with Crippen LogP contribution in [0.5, 0.6) is 0 Å². The van der Waals surface area contributed by atoms with Crippen molar-refractivity contribution in [2.45, 2.75) is 6.04 Å². The molecule has 0 saturated carbocycles. The molecule has 1 unspecified atom stereocenters. The van der Waals surface area contributed by atoms with Crippen molar-refractivity contribution in [2.75, 3.05) is 19.6 Å². The molecule has 1 aromatic carbocycles. The number of rotatable bonds is 1. The summed E-state index contributed by atoms with van der Waals surface area (Å²) in [6.45, 7) is 2.26. The number of hydrogen-bond donors (Lipinski definition) is 2. The lowest BCUT2D eigenvalue weighted by atomic mass is 10.0. The van der Waals surface area contributed by atoms with Gasteiger partial charge < -0.3 is 20.5 Å². The number of hydrogen-bond acceptors (Lipinski definition) is 2. The molecule has 1 aliphatic heterocycles. The van der Waals surface area contributed by atoms with Crippen LogP contribution < -0.4 is 11.1 Å². The number of piperazine rings is 1. The van der Waals surface area contributed by atoms with Crippen LogP contribution in [0.2, 0.25) is 0 Å². The quantitative estimate of drug-likeness (QED) is 0.838. The molecular weight excluding hydrogens is 264 g/mol. The van der Waals surface area contributed by atoms with E-state index in [2.05, 4.69) is 5.32 Å². The Morgan fingerprint density at radius 1 is 1.19 bits per heavy atom. The molecular formula is C16H22N4O. The van der Waals surface area contributed by atoms with E-state index in [1.807, 2.05) is 66.5 Å². The minimum absolute atomic E-state index is 0.0671. The van der Waals surface area contributed by atoms with Crippen molar-refractivity contribution in [3.05, 3.63) is 60.4 Å². The van der Waals surface area contributed by atoms with Crippen LogP contribution in [-0.2, 0) is 7.05 Å². The highest BCUT2D eigenvalue weighted by molar-refractivity contribution is 5.72. The third-order valence-electron chi connectivity index (χ3n) is 3.46. The normalized spacial score (nSPS) is 17.8. The van der Waals surface area contributed by atoms with Gasteiger partial charge in [-0.05, 0) is 17.7 Å². The second-order valence-corrected chi connectivity index (χ2v) is 5.01. The number of carbonyl (C=O) groups is 1.